The molecule has 0 aliphatic heterocycles. The van der Waals surface area contributed by atoms with Crippen molar-refractivity contribution in [3.05, 3.63) is 36.5 Å². The van der Waals surface area contributed by atoms with E-state index < -0.39 is 0 Å². The Morgan fingerprint density at radius 2 is 2.22 bits per heavy atom. The largest absolute Gasteiger partial charge is 0.382 e. The zero-order chi connectivity index (χ0) is 12.4. The molecule has 0 bridgehead atoms. The number of nitrogens with one attached hydrogen (secondary N) is 1. The van der Waals surface area contributed by atoms with E-state index >= 15 is 0 Å². The number of hydrogen-bond donors (Lipinski definition) is 1. The number of rotatable bonds is 4. The summed E-state index contributed by atoms with van der Waals surface area (Å²) in [7, 11) is 0. The summed E-state index contributed by atoms with van der Waals surface area (Å²) >= 11 is 0. The van der Waals surface area contributed by atoms with Crippen LogP contribution in [0.5, 0.6) is 0 Å². The maximum absolute atomic E-state index is 4.46. The Balaban J connectivity index is 1.83. The minimum atomic E-state index is 0.835. The van der Waals surface area contributed by atoms with Gasteiger partial charge in [-0.25, -0.2) is 9.97 Å². The van der Waals surface area contributed by atoms with Crippen molar-refractivity contribution in [3.8, 4) is 5.82 Å². The summed E-state index contributed by atoms with van der Waals surface area (Å²) in [5.74, 6) is 2.73. The number of anilines is 1. The van der Waals surface area contributed by atoms with E-state index in [0.717, 1.165) is 29.8 Å². The minimum Gasteiger partial charge on any atom is -0.382 e. The first kappa shape index (κ1) is 11.3. The molecule has 0 unspecified atom stereocenters. The maximum atomic E-state index is 4.46. The maximum Gasteiger partial charge on any atom is 0.161 e. The van der Waals surface area contributed by atoms with E-state index in [4.69, 9.17) is 0 Å². The summed E-state index contributed by atoms with van der Waals surface area (Å²) in [6.07, 6.45) is 9.67. The Hall–Kier alpha value is -1.84. The van der Waals surface area contributed by atoms with E-state index in [1.807, 2.05) is 30.0 Å². The van der Waals surface area contributed by atoms with E-state index in [2.05, 4.69) is 21.4 Å². The van der Waals surface area contributed by atoms with Crippen LogP contribution in [-0.2, 0) is 0 Å². The van der Waals surface area contributed by atoms with Crippen LogP contribution in [0.25, 0.3) is 5.82 Å². The van der Waals surface area contributed by atoms with Crippen LogP contribution in [0.1, 0.15) is 25.1 Å². The Morgan fingerprint density at radius 1 is 1.33 bits per heavy atom. The van der Waals surface area contributed by atoms with Gasteiger partial charge >= 0.3 is 0 Å². The Morgan fingerprint density at radius 3 is 2.89 bits per heavy atom. The van der Waals surface area contributed by atoms with Crippen LogP contribution >= 0.6 is 0 Å². The van der Waals surface area contributed by atoms with Crippen LogP contribution in [0.4, 0.5) is 5.69 Å². The normalized spacial score (nSPS) is 15.4. The smallest absolute Gasteiger partial charge is 0.161 e. The lowest BCUT2D eigenvalue weighted by atomic mass is 9.85. The van der Waals surface area contributed by atoms with Gasteiger partial charge in [0.2, 0.25) is 0 Å². The first-order valence-corrected chi connectivity index (χ1v) is 6.54. The Kier molecular flexibility index (Phi) is 3.00. The van der Waals surface area contributed by atoms with Gasteiger partial charge in [0.15, 0.2) is 5.82 Å². The fourth-order valence-corrected chi connectivity index (χ4v) is 2.28. The SMILES string of the molecule is Cc1nccn1-c1ncccc1NCC1CCC1. The number of aromatic nitrogens is 3. The van der Waals surface area contributed by atoms with Gasteiger partial charge in [-0.2, -0.15) is 0 Å². The molecule has 4 heteroatoms. The van der Waals surface area contributed by atoms with Crippen molar-refractivity contribution in [1.82, 2.24) is 14.5 Å². The second-order valence-electron chi connectivity index (χ2n) is 4.90. The zero-order valence-electron chi connectivity index (χ0n) is 10.6. The first-order chi connectivity index (χ1) is 8.84. The molecule has 3 rings (SSSR count). The van der Waals surface area contributed by atoms with Crippen molar-refractivity contribution in [2.24, 2.45) is 5.92 Å². The third-order valence-corrected chi connectivity index (χ3v) is 3.65. The summed E-state index contributed by atoms with van der Waals surface area (Å²) in [6, 6.07) is 4.05. The van der Waals surface area contributed by atoms with Gasteiger partial charge in [0, 0.05) is 25.1 Å². The van der Waals surface area contributed by atoms with Crippen molar-refractivity contribution in [2.75, 3.05) is 11.9 Å². The second-order valence-corrected chi connectivity index (χ2v) is 4.90. The van der Waals surface area contributed by atoms with E-state index in [9.17, 15) is 0 Å². The third kappa shape index (κ3) is 2.10. The molecule has 0 atom stereocenters. The molecule has 18 heavy (non-hydrogen) atoms. The first-order valence-electron chi connectivity index (χ1n) is 6.54. The average molecular weight is 242 g/mol. The molecule has 2 heterocycles. The minimum absolute atomic E-state index is 0.835. The van der Waals surface area contributed by atoms with E-state index in [1.165, 1.54) is 19.3 Å². The molecule has 1 fully saturated rings. The van der Waals surface area contributed by atoms with Crippen molar-refractivity contribution in [1.29, 1.82) is 0 Å². The predicted molar refractivity (Wildman–Crippen MR) is 71.9 cm³/mol. The quantitative estimate of drug-likeness (QED) is 0.896. The van der Waals surface area contributed by atoms with Gasteiger partial charge in [-0.3, -0.25) is 4.57 Å². The van der Waals surface area contributed by atoms with Gasteiger partial charge in [0.25, 0.3) is 0 Å². The highest BCUT2D eigenvalue weighted by Crippen LogP contribution is 2.27. The van der Waals surface area contributed by atoms with Gasteiger partial charge in [-0.1, -0.05) is 6.42 Å². The summed E-state index contributed by atoms with van der Waals surface area (Å²) in [4.78, 5) is 8.72. The van der Waals surface area contributed by atoms with Crippen LogP contribution in [0.15, 0.2) is 30.7 Å². The van der Waals surface area contributed by atoms with Gasteiger partial charge in [0.05, 0.1) is 5.69 Å². The number of nitrogens with zero attached hydrogens (tertiary/aromatic N) is 3. The van der Waals surface area contributed by atoms with Crippen LogP contribution in [0, 0.1) is 12.8 Å². The second kappa shape index (κ2) is 4.80. The fourth-order valence-electron chi connectivity index (χ4n) is 2.28. The number of hydrogen-bond acceptors (Lipinski definition) is 3. The molecule has 2 aromatic heterocycles. The van der Waals surface area contributed by atoms with E-state index in [-0.39, 0.29) is 0 Å². The molecule has 0 aromatic carbocycles. The molecule has 4 nitrogen and oxygen atoms in total. The lowest BCUT2D eigenvalue weighted by molar-refractivity contribution is 0.333. The molecular formula is C14H18N4. The molecule has 0 spiro atoms. The lowest BCUT2D eigenvalue weighted by Gasteiger charge is -2.26. The molecule has 94 valence electrons. The molecule has 1 aliphatic rings. The van der Waals surface area contributed by atoms with Crippen molar-refractivity contribution >= 4 is 5.69 Å². The molecule has 0 amide bonds. The number of imidazole rings is 1. The topological polar surface area (TPSA) is 42.7 Å². The van der Waals surface area contributed by atoms with Crippen molar-refractivity contribution in [2.45, 2.75) is 26.2 Å². The summed E-state index contributed by atoms with van der Waals surface area (Å²) in [6.45, 7) is 3.04. The van der Waals surface area contributed by atoms with Crippen LogP contribution in [0.2, 0.25) is 0 Å². The Bertz CT molecular complexity index is 528. The van der Waals surface area contributed by atoms with Gasteiger partial charge < -0.3 is 5.32 Å². The number of pyridine rings is 1. The monoisotopic (exact) mass is 242 g/mol. The van der Waals surface area contributed by atoms with Crippen LogP contribution < -0.4 is 5.32 Å². The average Bonchev–Trinajstić information content (AvgIpc) is 2.74. The molecule has 0 radical (unpaired) electrons. The van der Waals surface area contributed by atoms with Crippen LogP contribution in [0.3, 0.4) is 0 Å². The number of aryl methyl sites for hydroxylation is 1. The molecule has 1 N–H and O–H groups in total. The van der Waals surface area contributed by atoms with Crippen LogP contribution in [-0.4, -0.2) is 21.1 Å². The highest BCUT2D eigenvalue weighted by atomic mass is 15.1. The lowest BCUT2D eigenvalue weighted by Crippen LogP contribution is -2.21. The molecule has 1 saturated carbocycles. The predicted octanol–water partition coefficient (Wildman–Crippen LogP) is 2.79. The molecule has 0 saturated heterocycles. The highest BCUT2D eigenvalue weighted by molar-refractivity contribution is 5.57. The van der Waals surface area contributed by atoms with E-state index in [0.29, 0.717) is 0 Å². The van der Waals surface area contributed by atoms with E-state index in [1.54, 1.807) is 6.20 Å². The molecule has 2 aromatic rings. The summed E-state index contributed by atoms with van der Waals surface area (Å²) in [5, 5.41) is 3.52. The van der Waals surface area contributed by atoms with Gasteiger partial charge in [-0.15, -0.1) is 0 Å². The van der Waals surface area contributed by atoms with Crippen molar-refractivity contribution in [3.63, 3.8) is 0 Å². The van der Waals surface area contributed by atoms with Crippen molar-refractivity contribution < 1.29 is 0 Å². The Labute approximate surface area is 107 Å². The highest BCUT2D eigenvalue weighted by Gasteiger charge is 2.17. The third-order valence-electron chi connectivity index (χ3n) is 3.65. The summed E-state index contributed by atoms with van der Waals surface area (Å²) < 4.78 is 2.02. The summed E-state index contributed by atoms with van der Waals surface area (Å²) in [5.41, 5.74) is 1.09. The van der Waals surface area contributed by atoms with Gasteiger partial charge in [0.1, 0.15) is 5.82 Å². The molecule has 1 aliphatic carbocycles. The standard InChI is InChI=1S/C14H18N4/c1-11-15-8-9-18(11)14-13(6-3-7-16-14)17-10-12-4-2-5-12/h3,6-9,12,17H,2,4-5,10H2,1H3. The molecular weight excluding hydrogens is 224 g/mol. The fraction of sp³-hybridized carbons (Fsp3) is 0.429. The zero-order valence-corrected chi connectivity index (χ0v) is 10.6. The van der Waals surface area contributed by atoms with Gasteiger partial charge in [-0.05, 0) is 37.8 Å².